The number of nitrogens with one attached hydrogen (secondary N) is 2. The van der Waals surface area contributed by atoms with E-state index in [4.69, 9.17) is 0 Å². The Morgan fingerprint density at radius 3 is 2.53 bits per heavy atom. The Balaban J connectivity index is 2.89. The van der Waals surface area contributed by atoms with E-state index < -0.39 is 17.6 Å². The Labute approximate surface area is 123 Å². The van der Waals surface area contributed by atoms with Crippen molar-refractivity contribution >= 4 is 28.5 Å². The number of hydrogen-bond donors (Lipinski definition) is 2. The monoisotopic (exact) mass is 386 g/mol. The van der Waals surface area contributed by atoms with E-state index >= 15 is 0 Å². The van der Waals surface area contributed by atoms with Crippen molar-refractivity contribution in [3.8, 4) is 0 Å². The Morgan fingerprint density at radius 1 is 1.37 bits per heavy atom. The molecular formula is C12H14F3IN2O. The fourth-order valence-corrected chi connectivity index (χ4v) is 2.01. The first-order valence-electron chi connectivity index (χ1n) is 5.57. The second kappa shape index (κ2) is 6.56. The summed E-state index contributed by atoms with van der Waals surface area (Å²) in [7, 11) is 1.74. The van der Waals surface area contributed by atoms with Crippen molar-refractivity contribution in [2.75, 3.05) is 13.6 Å². The fraction of sp³-hybridized carbons (Fsp3) is 0.417. The number of rotatable bonds is 4. The average molecular weight is 386 g/mol. The van der Waals surface area contributed by atoms with Crippen molar-refractivity contribution in [2.45, 2.75) is 19.1 Å². The van der Waals surface area contributed by atoms with E-state index in [1.165, 1.54) is 6.07 Å². The van der Waals surface area contributed by atoms with Gasteiger partial charge in [-0.25, -0.2) is 0 Å². The van der Waals surface area contributed by atoms with Crippen LogP contribution in [-0.4, -0.2) is 25.5 Å². The molecule has 1 aromatic carbocycles. The molecule has 3 nitrogen and oxygen atoms in total. The highest BCUT2D eigenvalue weighted by Gasteiger charge is 2.31. The van der Waals surface area contributed by atoms with Gasteiger partial charge in [-0.05, 0) is 54.8 Å². The van der Waals surface area contributed by atoms with Gasteiger partial charge in [0.15, 0.2) is 0 Å². The zero-order valence-corrected chi connectivity index (χ0v) is 12.6. The van der Waals surface area contributed by atoms with E-state index in [-0.39, 0.29) is 11.6 Å². The number of carbonyl (C=O) groups is 1. The van der Waals surface area contributed by atoms with Gasteiger partial charge >= 0.3 is 6.18 Å². The van der Waals surface area contributed by atoms with Crippen LogP contribution in [0.4, 0.5) is 13.2 Å². The molecule has 19 heavy (non-hydrogen) atoms. The SMILES string of the molecule is CNC(C)CNC(=O)c1cc(I)cc(C(F)(F)F)c1. The molecule has 0 saturated heterocycles. The molecule has 0 aliphatic rings. The summed E-state index contributed by atoms with van der Waals surface area (Å²) in [6, 6.07) is 3.35. The van der Waals surface area contributed by atoms with E-state index in [0.29, 0.717) is 10.1 Å². The summed E-state index contributed by atoms with van der Waals surface area (Å²) < 4.78 is 38.3. The van der Waals surface area contributed by atoms with Gasteiger partial charge in [-0.15, -0.1) is 0 Å². The van der Waals surface area contributed by atoms with Crippen molar-refractivity contribution in [3.63, 3.8) is 0 Å². The Kier molecular flexibility index (Phi) is 5.60. The summed E-state index contributed by atoms with van der Waals surface area (Å²) in [5, 5.41) is 5.51. The average Bonchev–Trinajstić information content (AvgIpc) is 2.33. The third-order valence-corrected chi connectivity index (χ3v) is 3.17. The maximum absolute atomic E-state index is 12.6. The summed E-state index contributed by atoms with van der Waals surface area (Å²) in [5.41, 5.74) is -0.797. The molecule has 106 valence electrons. The highest BCUT2D eigenvalue weighted by atomic mass is 127. The lowest BCUT2D eigenvalue weighted by atomic mass is 10.1. The van der Waals surface area contributed by atoms with E-state index in [0.717, 1.165) is 12.1 Å². The van der Waals surface area contributed by atoms with Crippen LogP contribution >= 0.6 is 22.6 Å². The lowest BCUT2D eigenvalue weighted by Gasteiger charge is -2.13. The summed E-state index contributed by atoms with van der Waals surface area (Å²) in [4.78, 5) is 11.8. The number of carbonyl (C=O) groups excluding carboxylic acids is 1. The molecule has 0 bridgehead atoms. The maximum atomic E-state index is 12.6. The summed E-state index contributed by atoms with van der Waals surface area (Å²) >= 11 is 1.76. The molecule has 1 atom stereocenters. The molecule has 1 unspecified atom stereocenters. The minimum Gasteiger partial charge on any atom is -0.350 e. The van der Waals surface area contributed by atoms with Crippen LogP contribution < -0.4 is 10.6 Å². The second-order valence-electron chi connectivity index (χ2n) is 4.13. The molecule has 0 aromatic heterocycles. The van der Waals surface area contributed by atoms with Crippen LogP contribution in [0.1, 0.15) is 22.8 Å². The minimum atomic E-state index is -4.45. The van der Waals surface area contributed by atoms with Crippen LogP contribution in [0, 0.1) is 3.57 Å². The third-order valence-electron chi connectivity index (χ3n) is 2.55. The van der Waals surface area contributed by atoms with Gasteiger partial charge in [-0.1, -0.05) is 0 Å². The normalized spacial score (nSPS) is 13.2. The third kappa shape index (κ3) is 4.98. The number of benzene rings is 1. The molecule has 0 fully saturated rings. The number of hydrogen-bond acceptors (Lipinski definition) is 2. The van der Waals surface area contributed by atoms with E-state index in [1.807, 2.05) is 6.92 Å². The van der Waals surface area contributed by atoms with E-state index in [2.05, 4.69) is 10.6 Å². The number of halogens is 4. The van der Waals surface area contributed by atoms with E-state index in [1.54, 1.807) is 29.6 Å². The van der Waals surface area contributed by atoms with Gasteiger partial charge in [0.05, 0.1) is 5.56 Å². The molecule has 1 aromatic rings. The first-order chi connectivity index (χ1) is 8.74. The van der Waals surface area contributed by atoms with Crippen molar-refractivity contribution < 1.29 is 18.0 Å². The van der Waals surface area contributed by atoms with Crippen molar-refractivity contribution in [2.24, 2.45) is 0 Å². The first kappa shape index (κ1) is 16.2. The Bertz CT molecular complexity index is 463. The molecule has 0 aliphatic carbocycles. The second-order valence-corrected chi connectivity index (χ2v) is 5.37. The van der Waals surface area contributed by atoms with Crippen LogP contribution in [-0.2, 0) is 6.18 Å². The number of likely N-dealkylation sites (N-methyl/N-ethyl adjacent to an activating group) is 1. The lowest BCUT2D eigenvalue weighted by molar-refractivity contribution is -0.137. The predicted octanol–water partition coefficient (Wildman–Crippen LogP) is 2.65. The maximum Gasteiger partial charge on any atom is 0.416 e. The number of amides is 1. The molecule has 1 amide bonds. The van der Waals surface area contributed by atoms with Gasteiger partial charge in [0, 0.05) is 21.7 Å². The molecule has 0 radical (unpaired) electrons. The van der Waals surface area contributed by atoms with Crippen LogP contribution in [0.25, 0.3) is 0 Å². The smallest absolute Gasteiger partial charge is 0.350 e. The molecule has 1 rings (SSSR count). The van der Waals surface area contributed by atoms with Crippen LogP contribution in [0.2, 0.25) is 0 Å². The Hall–Kier alpha value is -0.830. The predicted molar refractivity (Wildman–Crippen MR) is 75.0 cm³/mol. The molecule has 0 heterocycles. The fourth-order valence-electron chi connectivity index (χ4n) is 1.33. The van der Waals surface area contributed by atoms with Crippen LogP contribution in [0.15, 0.2) is 18.2 Å². The van der Waals surface area contributed by atoms with Gasteiger partial charge in [-0.3, -0.25) is 4.79 Å². The highest BCUT2D eigenvalue weighted by Crippen LogP contribution is 2.31. The summed E-state index contributed by atoms with van der Waals surface area (Å²) in [6.07, 6.45) is -4.45. The van der Waals surface area contributed by atoms with Gasteiger partial charge < -0.3 is 10.6 Å². The quantitative estimate of drug-likeness (QED) is 0.782. The lowest BCUT2D eigenvalue weighted by Crippen LogP contribution is -2.37. The summed E-state index contributed by atoms with van der Waals surface area (Å²) in [6.45, 7) is 2.21. The van der Waals surface area contributed by atoms with Gasteiger partial charge in [0.25, 0.3) is 5.91 Å². The number of alkyl halides is 3. The molecule has 0 saturated carbocycles. The van der Waals surface area contributed by atoms with Crippen molar-refractivity contribution in [1.82, 2.24) is 10.6 Å². The zero-order chi connectivity index (χ0) is 14.6. The first-order valence-corrected chi connectivity index (χ1v) is 6.65. The van der Waals surface area contributed by atoms with Gasteiger partial charge in [0.2, 0.25) is 0 Å². The standard InChI is InChI=1S/C12H14F3IN2O/c1-7(17-2)6-18-11(19)8-3-9(12(13,14)15)5-10(16)4-8/h3-5,7,17H,6H2,1-2H3,(H,18,19). The van der Waals surface area contributed by atoms with Crippen molar-refractivity contribution in [3.05, 3.63) is 32.9 Å². The highest BCUT2D eigenvalue weighted by molar-refractivity contribution is 14.1. The topological polar surface area (TPSA) is 41.1 Å². The van der Waals surface area contributed by atoms with Gasteiger partial charge in [0.1, 0.15) is 0 Å². The minimum absolute atomic E-state index is 0.0162. The molecule has 0 aliphatic heterocycles. The van der Waals surface area contributed by atoms with Crippen molar-refractivity contribution in [1.29, 1.82) is 0 Å². The molecule has 7 heteroatoms. The molecule has 0 spiro atoms. The van der Waals surface area contributed by atoms with Crippen LogP contribution in [0.3, 0.4) is 0 Å². The zero-order valence-electron chi connectivity index (χ0n) is 10.4. The summed E-state index contributed by atoms with van der Waals surface area (Å²) in [5.74, 6) is -0.508. The molecular weight excluding hydrogens is 372 g/mol. The Morgan fingerprint density at radius 2 is 2.00 bits per heavy atom. The van der Waals surface area contributed by atoms with Gasteiger partial charge in [-0.2, -0.15) is 13.2 Å². The molecule has 2 N–H and O–H groups in total. The van der Waals surface area contributed by atoms with Crippen LogP contribution in [0.5, 0.6) is 0 Å². The van der Waals surface area contributed by atoms with E-state index in [9.17, 15) is 18.0 Å². The largest absolute Gasteiger partial charge is 0.416 e.